The van der Waals surface area contributed by atoms with Gasteiger partial charge in [0.05, 0.1) is 0 Å². The first-order chi connectivity index (χ1) is 7.28. The lowest BCUT2D eigenvalue weighted by Crippen LogP contribution is -2.50. The Labute approximate surface area is 89.3 Å². The van der Waals surface area contributed by atoms with Gasteiger partial charge in [-0.25, -0.2) is 0 Å². The maximum absolute atomic E-state index is 10.2. The van der Waals surface area contributed by atoms with Crippen LogP contribution in [0.4, 0.5) is 0 Å². The number of hydrogen-bond acceptors (Lipinski definition) is 4. The molecule has 0 N–H and O–H groups in total. The zero-order valence-electron chi connectivity index (χ0n) is 8.89. The average Bonchev–Trinajstić information content (AvgIpc) is 2.36. The van der Waals surface area contributed by atoms with Gasteiger partial charge in [-0.2, -0.15) is 4.91 Å². The van der Waals surface area contributed by atoms with Crippen molar-refractivity contribution >= 4 is 6.21 Å². The standard InChI is InChI=1S/C11H15N3O/c1-9-3-2-4-10(5-12-9)6-14-7-11(8-14)13-15/h3-5,11H,2,6-8H2,1H3. The molecule has 0 aromatic rings. The van der Waals surface area contributed by atoms with E-state index in [0.29, 0.717) is 0 Å². The Bertz CT molecular complexity index is 338. The Morgan fingerprint density at radius 3 is 3.07 bits per heavy atom. The van der Waals surface area contributed by atoms with Gasteiger partial charge in [0.15, 0.2) is 0 Å². The summed E-state index contributed by atoms with van der Waals surface area (Å²) in [6, 6.07) is 0.00757. The summed E-state index contributed by atoms with van der Waals surface area (Å²) in [6.45, 7) is 4.47. The summed E-state index contributed by atoms with van der Waals surface area (Å²) in [5, 5.41) is 3.01. The third-order valence-corrected chi connectivity index (χ3v) is 2.72. The summed E-state index contributed by atoms with van der Waals surface area (Å²) < 4.78 is 0. The van der Waals surface area contributed by atoms with Gasteiger partial charge in [-0.1, -0.05) is 17.3 Å². The van der Waals surface area contributed by atoms with Crippen molar-refractivity contribution in [1.29, 1.82) is 0 Å². The molecule has 0 saturated carbocycles. The van der Waals surface area contributed by atoms with Crippen LogP contribution in [0.2, 0.25) is 0 Å². The lowest BCUT2D eigenvalue weighted by molar-refractivity contribution is 0.168. The smallest absolute Gasteiger partial charge is 0.117 e. The molecule has 0 aliphatic carbocycles. The van der Waals surface area contributed by atoms with E-state index in [2.05, 4.69) is 27.2 Å². The molecular weight excluding hydrogens is 190 g/mol. The quantitative estimate of drug-likeness (QED) is 0.659. The first kappa shape index (κ1) is 10.2. The minimum Gasteiger partial charge on any atom is -0.294 e. The van der Waals surface area contributed by atoms with Crippen LogP contribution in [-0.2, 0) is 0 Å². The molecule has 1 saturated heterocycles. The molecule has 15 heavy (non-hydrogen) atoms. The monoisotopic (exact) mass is 205 g/mol. The van der Waals surface area contributed by atoms with Gasteiger partial charge in [-0.15, -0.1) is 0 Å². The van der Waals surface area contributed by atoms with E-state index in [1.165, 1.54) is 5.57 Å². The molecule has 0 spiro atoms. The number of hydrogen-bond donors (Lipinski definition) is 0. The summed E-state index contributed by atoms with van der Waals surface area (Å²) in [4.78, 5) is 16.7. The lowest BCUT2D eigenvalue weighted by atomic mass is 10.1. The van der Waals surface area contributed by atoms with Crippen LogP contribution in [0.3, 0.4) is 0 Å². The number of likely N-dealkylation sites (tertiary alicyclic amines) is 1. The molecular formula is C11H15N3O. The van der Waals surface area contributed by atoms with Crippen molar-refractivity contribution < 1.29 is 0 Å². The second-order valence-electron chi connectivity index (χ2n) is 4.07. The molecule has 4 heteroatoms. The third-order valence-electron chi connectivity index (χ3n) is 2.72. The van der Waals surface area contributed by atoms with E-state index in [1.807, 2.05) is 13.1 Å². The SMILES string of the molecule is CC1=CCC=C(CN2CC(N=O)C2)C=N1. The van der Waals surface area contributed by atoms with Crippen LogP contribution in [0.1, 0.15) is 13.3 Å². The van der Waals surface area contributed by atoms with Gasteiger partial charge in [0.1, 0.15) is 6.04 Å². The van der Waals surface area contributed by atoms with Crippen molar-refractivity contribution in [3.8, 4) is 0 Å². The predicted octanol–water partition coefficient (Wildman–Crippen LogP) is 1.74. The van der Waals surface area contributed by atoms with E-state index in [0.717, 1.165) is 31.8 Å². The second kappa shape index (κ2) is 4.49. The second-order valence-corrected chi connectivity index (χ2v) is 4.07. The normalized spacial score (nSPS) is 22.7. The molecule has 0 aromatic carbocycles. The van der Waals surface area contributed by atoms with Gasteiger partial charge in [0.25, 0.3) is 0 Å². The van der Waals surface area contributed by atoms with Crippen molar-refractivity contribution in [2.45, 2.75) is 19.4 Å². The van der Waals surface area contributed by atoms with Crippen molar-refractivity contribution in [2.75, 3.05) is 19.6 Å². The first-order valence-electron chi connectivity index (χ1n) is 5.22. The fourth-order valence-corrected chi connectivity index (χ4v) is 1.77. The van der Waals surface area contributed by atoms with Gasteiger partial charge < -0.3 is 0 Å². The Kier molecular flexibility index (Phi) is 3.06. The molecule has 0 unspecified atom stereocenters. The first-order valence-corrected chi connectivity index (χ1v) is 5.22. The predicted molar refractivity (Wildman–Crippen MR) is 61.0 cm³/mol. The molecule has 0 bridgehead atoms. The topological polar surface area (TPSA) is 45.0 Å². The Morgan fingerprint density at radius 2 is 2.33 bits per heavy atom. The van der Waals surface area contributed by atoms with Crippen LogP contribution in [0.15, 0.2) is 33.6 Å². The summed E-state index contributed by atoms with van der Waals surface area (Å²) >= 11 is 0. The molecule has 1 fully saturated rings. The zero-order valence-corrected chi connectivity index (χ0v) is 8.89. The maximum Gasteiger partial charge on any atom is 0.117 e. The third kappa shape index (κ3) is 2.59. The van der Waals surface area contributed by atoms with E-state index in [1.54, 1.807) is 0 Å². The zero-order chi connectivity index (χ0) is 10.7. The highest BCUT2D eigenvalue weighted by Gasteiger charge is 2.27. The van der Waals surface area contributed by atoms with Crippen molar-refractivity contribution in [3.05, 3.63) is 28.3 Å². The van der Waals surface area contributed by atoms with Crippen LogP contribution >= 0.6 is 0 Å². The van der Waals surface area contributed by atoms with E-state index >= 15 is 0 Å². The van der Waals surface area contributed by atoms with Crippen LogP contribution in [-0.4, -0.2) is 36.8 Å². The van der Waals surface area contributed by atoms with Gasteiger partial charge >= 0.3 is 0 Å². The highest BCUT2D eigenvalue weighted by atomic mass is 16.3. The lowest BCUT2D eigenvalue weighted by Gasteiger charge is -2.34. The minimum absolute atomic E-state index is 0.00757. The number of allylic oxidation sites excluding steroid dienone is 3. The Balaban J connectivity index is 1.84. The minimum atomic E-state index is 0.00757. The summed E-state index contributed by atoms with van der Waals surface area (Å²) in [5.74, 6) is 0. The molecule has 2 rings (SSSR count). The van der Waals surface area contributed by atoms with Gasteiger partial charge in [-0.3, -0.25) is 9.89 Å². The number of rotatable bonds is 3. The van der Waals surface area contributed by atoms with Gasteiger partial charge in [0, 0.05) is 31.5 Å². The molecule has 2 aliphatic heterocycles. The highest BCUT2D eigenvalue weighted by molar-refractivity contribution is 5.80. The fraction of sp³-hybridized carbons (Fsp3) is 0.545. The van der Waals surface area contributed by atoms with Gasteiger partial charge in [-0.05, 0) is 18.9 Å². The molecule has 0 atom stereocenters. The van der Waals surface area contributed by atoms with Crippen molar-refractivity contribution in [3.63, 3.8) is 0 Å². The van der Waals surface area contributed by atoms with E-state index in [-0.39, 0.29) is 6.04 Å². The molecule has 2 aliphatic rings. The van der Waals surface area contributed by atoms with Crippen LogP contribution < -0.4 is 0 Å². The molecule has 0 amide bonds. The van der Waals surface area contributed by atoms with Crippen molar-refractivity contribution in [1.82, 2.24) is 4.90 Å². The van der Waals surface area contributed by atoms with Crippen LogP contribution in [0, 0.1) is 4.91 Å². The van der Waals surface area contributed by atoms with Crippen LogP contribution in [0.25, 0.3) is 0 Å². The maximum atomic E-state index is 10.2. The summed E-state index contributed by atoms with van der Waals surface area (Å²) in [5.41, 5.74) is 2.30. The Hall–Kier alpha value is -1.29. The molecule has 2 heterocycles. The van der Waals surface area contributed by atoms with E-state index in [4.69, 9.17) is 0 Å². The van der Waals surface area contributed by atoms with E-state index in [9.17, 15) is 4.91 Å². The molecule has 4 nitrogen and oxygen atoms in total. The summed E-state index contributed by atoms with van der Waals surface area (Å²) in [7, 11) is 0. The molecule has 80 valence electrons. The number of nitroso groups, excluding NO2 is 1. The van der Waals surface area contributed by atoms with Gasteiger partial charge in [0.2, 0.25) is 0 Å². The molecule has 0 aromatic heterocycles. The van der Waals surface area contributed by atoms with Crippen LogP contribution in [0.5, 0.6) is 0 Å². The van der Waals surface area contributed by atoms with Crippen molar-refractivity contribution in [2.24, 2.45) is 10.2 Å². The molecule has 0 radical (unpaired) electrons. The number of aliphatic imine (C=N–C) groups is 1. The largest absolute Gasteiger partial charge is 0.294 e. The fourth-order valence-electron chi connectivity index (χ4n) is 1.77. The highest BCUT2D eigenvalue weighted by Crippen LogP contribution is 2.14. The van der Waals surface area contributed by atoms with E-state index < -0.39 is 0 Å². The average molecular weight is 205 g/mol. The number of nitrogens with zero attached hydrogens (tertiary/aromatic N) is 3. The summed E-state index contributed by atoms with van der Waals surface area (Å²) in [6.07, 6.45) is 7.15. The Morgan fingerprint density at radius 1 is 1.53 bits per heavy atom.